The van der Waals surface area contributed by atoms with Gasteiger partial charge in [-0.25, -0.2) is 4.39 Å². The van der Waals surface area contributed by atoms with Gasteiger partial charge in [-0.2, -0.15) is 0 Å². The lowest BCUT2D eigenvalue weighted by atomic mass is 9.95. The summed E-state index contributed by atoms with van der Waals surface area (Å²) >= 11 is 6.01. The maximum Gasteiger partial charge on any atom is 0.251 e. The second-order valence-electron chi connectivity index (χ2n) is 4.94. The molecule has 0 bridgehead atoms. The van der Waals surface area contributed by atoms with Gasteiger partial charge in [0.15, 0.2) is 0 Å². The predicted molar refractivity (Wildman–Crippen MR) is 70.5 cm³/mol. The van der Waals surface area contributed by atoms with Crippen LogP contribution in [0.2, 0.25) is 0 Å². The molecule has 0 spiro atoms. The minimum Gasteiger partial charge on any atom is -0.349 e. The Hall–Kier alpha value is -1.09. The molecule has 0 aliphatic heterocycles. The number of rotatable bonds is 2. The second-order valence-corrected chi connectivity index (χ2v) is 5.56. The van der Waals surface area contributed by atoms with Crippen LogP contribution in [-0.2, 0) is 0 Å². The third kappa shape index (κ3) is 3.45. The molecule has 1 aromatic carbocycles. The Bertz CT molecular complexity index is 421. The zero-order chi connectivity index (χ0) is 13.1. The maximum atomic E-state index is 13.2. The van der Waals surface area contributed by atoms with Crippen molar-refractivity contribution >= 4 is 17.5 Å². The lowest BCUT2D eigenvalue weighted by Gasteiger charge is -2.25. The van der Waals surface area contributed by atoms with Gasteiger partial charge < -0.3 is 5.32 Å². The number of alkyl halides is 1. The summed E-state index contributed by atoms with van der Waals surface area (Å²) in [4.78, 5) is 12.0. The Balaban J connectivity index is 1.99. The van der Waals surface area contributed by atoms with Crippen molar-refractivity contribution in [3.05, 3.63) is 35.1 Å². The van der Waals surface area contributed by atoms with Crippen molar-refractivity contribution in [3.8, 4) is 0 Å². The van der Waals surface area contributed by atoms with Gasteiger partial charge in [0, 0.05) is 17.0 Å². The molecule has 2 rings (SSSR count). The monoisotopic (exact) mass is 269 g/mol. The van der Waals surface area contributed by atoms with Crippen molar-refractivity contribution < 1.29 is 9.18 Å². The second kappa shape index (κ2) is 5.70. The first-order chi connectivity index (χ1) is 8.54. The first-order valence-corrected chi connectivity index (χ1v) is 6.70. The molecule has 0 saturated heterocycles. The largest absolute Gasteiger partial charge is 0.349 e. The van der Waals surface area contributed by atoms with Crippen molar-refractivity contribution in [1.82, 2.24) is 5.32 Å². The fourth-order valence-corrected chi connectivity index (χ4v) is 2.59. The Morgan fingerprint density at radius 3 is 2.56 bits per heavy atom. The van der Waals surface area contributed by atoms with E-state index in [4.69, 9.17) is 11.6 Å². The summed E-state index contributed by atoms with van der Waals surface area (Å²) in [6, 6.07) is 4.55. The molecule has 0 radical (unpaired) electrons. The summed E-state index contributed by atoms with van der Waals surface area (Å²) in [6.45, 7) is 1.78. The van der Waals surface area contributed by atoms with Crippen LogP contribution < -0.4 is 5.32 Å². The van der Waals surface area contributed by atoms with Crippen molar-refractivity contribution in [1.29, 1.82) is 0 Å². The van der Waals surface area contributed by atoms with E-state index in [2.05, 4.69) is 5.32 Å². The van der Waals surface area contributed by atoms with E-state index in [1.165, 1.54) is 12.1 Å². The van der Waals surface area contributed by atoms with Crippen LogP contribution in [0.1, 0.15) is 41.6 Å². The summed E-state index contributed by atoms with van der Waals surface area (Å²) in [5.41, 5.74) is 1.14. The van der Waals surface area contributed by atoms with E-state index >= 15 is 0 Å². The first-order valence-electron chi connectivity index (χ1n) is 6.27. The molecule has 1 aromatic rings. The maximum absolute atomic E-state index is 13.2. The minimum absolute atomic E-state index is 0.163. The van der Waals surface area contributed by atoms with Gasteiger partial charge in [-0.15, -0.1) is 11.6 Å². The molecule has 0 aromatic heterocycles. The predicted octanol–water partition coefficient (Wildman–Crippen LogP) is 3.41. The molecule has 1 N–H and O–H groups in total. The number of carbonyl (C=O) groups is 1. The molecule has 0 heterocycles. The standard InChI is InChI=1S/C14H17ClFNO/c1-9-6-10(8-12(16)7-9)14(18)17-13-4-2-11(15)3-5-13/h6-8,11,13H,2-5H2,1H3,(H,17,18). The van der Waals surface area contributed by atoms with Crippen molar-refractivity contribution in [2.24, 2.45) is 0 Å². The third-order valence-electron chi connectivity index (χ3n) is 3.30. The number of benzene rings is 1. The van der Waals surface area contributed by atoms with Crippen LogP contribution in [-0.4, -0.2) is 17.3 Å². The highest BCUT2D eigenvalue weighted by atomic mass is 35.5. The van der Waals surface area contributed by atoms with Gasteiger partial charge in [-0.1, -0.05) is 0 Å². The number of hydrogen-bond donors (Lipinski definition) is 1. The van der Waals surface area contributed by atoms with E-state index in [0.29, 0.717) is 5.56 Å². The van der Waals surface area contributed by atoms with E-state index < -0.39 is 0 Å². The van der Waals surface area contributed by atoms with Gasteiger partial charge in [-0.3, -0.25) is 4.79 Å². The van der Waals surface area contributed by atoms with E-state index in [1.54, 1.807) is 13.0 Å². The number of amides is 1. The number of nitrogens with one attached hydrogen (secondary N) is 1. The van der Waals surface area contributed by atoms with E-state index in [-0.39, 0.29) is 23.1 Å². The van der Waals surface area contributed by atoms with Crippen molar-refractivity contribution in [3.63, 3.8) is 0 Å². The molecule has 4 heteroatoms. The zero-order valence-corrected chi connectivity index (χ0v) is 11.1. The normalized spacial score (nSPS) is 23.7. The summed E-state index contributed by atoms with van der Waals surface area (Å²) in [7, 11) is 0. The Morgan fingerprint density at radius 2 is 1.94 bits per heavy atom. The molecule has 18 heavy (non-hydrogen) atoms. The molecule has 98 valence electrons. The van der Waals surface area contributed by atoms with E-state index in [0.717, 1.165) is 31.2 Å². The van der Waals surface area contributed by atoms with E-state index in [9.17, 15) is 9.18 Å². The van der Waals surface area contributed by atoms with Gasteiger partial charge in [0.2, 0.25) is 0 Å². The van der Waals surface area contributed by atoms with Crippen LogP contribution in [0, 0.1) is 12.7 Å². The molecule has 0 unspecified atom stereocenters. The lowest BCUT2D eigenvalue weighted by molar-refractivity contribution is 0.0927. The van der Waals surface area contributed by atoms with Gasteiger partial charge >= 0.3 is 0 Å². The van der Waals surface area contributed by atoms with Crippen LogP contribution >= 0.6 is 11.6 Å². The van der Waals surface area contributed by atoms with Crippen LogP contribution in [0.3, 0.4) is 0 Å². The summed E-state index contributed by atoms with van der Waals surface area (Å²) in [6.07, 6.45) is 3.64. The Labute approximate surface area is 112 Å². The van der Waals surface area contributed by atoms with Gasteiger partial charge in [0.05, 0.1) is 0 Å². The molecule has 1 aliphatic carbocycles. The average molecular weight is 270 g/mol. The minimum atomic E-state index is -0.371. The summed E-state index contributed by atoms with van der Waals surface area (Å²) in [5.74, 6) is -0.569. The molecule has 1 fully saturated rings. The quantitative estimate of drug-likeness (QED) is 0.819. The topological polar surface area (TPSA) is 29.1 Å². The van der Waals surface area contributed by atoms with E-state index in [1.807, 2.05) is 0 Å². The molecule has 1 saturated carbocycles. The fourth-order valence-electron chi connectivity index (χ4n) is 2.33. The van der Waals surface area contributed by atoms with Crippen molar-refractivity contribution in [2.75, 3.05) is 0 Å². The van der Waals surface area contributed by atoms with Crippen LogP contribution in [0.5, 0.6) is 0 Å². The number of carbonyl (C=O) groups excluding carboxylic acids is 1. The lowest BCUT2D eigenvalue weighted by Crippen LogP contribution is -2.37. The number of halogens is 2. The fraction of sp³-hybridized carbons (Fsp3) is 0.500. The van der Waals surface area contributed by atoms with Gasteiger partial charge in [-0.05, 0) is 56.4 Å². The first kappa shape index (κ1) is 13.3. The molecule has 2 nitrogen and oxygen atoms in total. The number of aryl methyl sites for hydroxylation is 1. The Kier molecular flexibility index (Phi) is 4.23. The SMILES string of the molecule is Cc1cc(F)cc(C(=O)NC2CCC(Cl)CC2)c1. The van der Waals surface area contributed by atoms with Crippen molar-refractivity contribution in [2.45, 2.75) is 44.0 Å². The van der Waals surface area contributed by atoms with Crippen LogP contribution in [0.4, 0.5) is 4.39 Å². The third-order valence-corrected chi connectivity index (χ3v) is 3.73. The average Bonchev–Trinajstić information content (AvgIpc) is 2.31. The van der Waals surface area contributed by atoms with Crippen LogP contribution in [0.15, 0.2) is 18.2 Å². The van der Waals surface area contributed by atoms with Gasteiger partial charge in [0.25, 0.3) is 5.91 Å². The summed E-state index contributed by atoms with van der Waals surface area (Å²) < 4.78 is 13.2. The highest BCUT2D eigenvalue weighted by molar-refractivity contribution is 6.20. The van der Waals surface area contributed by atoms with Crippen LogP contribution in [0.25, 0.3) is 0 Å². The van der Waals surface area contributed by atoms with Gasteiger partial charge in [0.1, 0.15) is 5.82 Å². The smallest absolute Gasteiger partial charge is 0.251 e. The summed E-state index contributed by atoms with van der Waals surface area (Å²) in [5, 5.41) is 3.18. The number of hydrogen-bond acceptors (Lipinski definition) is 1. The highest BCUT2D eigenvalue weighted by Gasteiger charge is 2.21. The Morgan fingerprint density at radius 1 is 1.28 bits per heavy atom. The molecule has 1 amide bonds. The molecular weight excluding hydrogens is 253 g/mol. The molecular formula is C14H17ClFNO. The molecule has 1 aliphatic rings. The zero-order valence-electron chi connectivity index (χ0n) is 10.4. The highest BCUT2D eigenvalue weighted by Crippen LogP contribution is 2.23. The molecule has 0 atom stereocenters.